The van der Waals surface area contributed by atoms with Crippen LogP contribution < -0.4 is 24.8 Å². The molecule has 10 heteroatoms. The van der Waals surface area contributed by atoms with E-state index in [9.17, 15) is 14.7 Å². The summed E-state index contributed by atoms with van der Waals surface area (Å²) in [6, 6.07) is 17.8. The Morgan fingerprint density at radius 3 is 2.59 bits per heavy atom. The van der Waals surface area contributed by atoms with Gasteiger partial charge in [-0.25, -0.2) is 0 Å². The Hall–Kier alpha value is -3.79. The lowest BCUT2D eigenvalue weighted by molar-refractivity contribution is -0.142. The van der Waals surface area contributed by atoms with Crippen LogP contribution in [-0.2, 0) is 16.1 Å². The average molecular weight is 551 g/mol. The Bertz CT molecular complexity index is 1400. The van der Waals surface area contributed by atoms with Crippen LogP contribution in [0.4, 0.5) is 5.69 Å². The minimum absolute atomic E-state index is 0.0950. The first-order chi connectivity index (χ1) is 19.0. The maximum absolute atomic E-state index is 12.9. The van der Waals surface area contributed by atoms with E-state index in [1.54, 1.807) is 36.4 Å². The van der Waals surface area contributed by atoms with Gasteiger partial charge in [0.25, 0.3) is 5.91 Å². The van der Waals surface area contributed by atoms with Crippen molar-refractivity contribution in [2.45, 2.75) is 43.6 Å². The van der Waals surface area contributed by atoms with E-state index in [1.807, 2.05) is 24.3 Å². The first-order valence-corrected chi connectivity index (χ1v) is 13.1. The highest BCUT2D eigenvalue weighted by Gasteiger charge is 2.46. The molecular weight excluding hydrogens is 524 g/mol. The molecule has 0 radical (unpaired) electrons. The monoisotopic (exact) mass is 550 g/mol. The van der Waals surface area contributed by atoms with Crippen molar-refractivity contribution in [2.75, 3.05) is 18.7 Å². The quantitative estimate of drug-likeness (QED) is 0.407. The van der Waals surface area contributed by atoms with Crippen molar-refractivity contribution in [3.05, 3.63) is 82.4 Å². The van der Waals surface area contributed by atoms with E-state index in [0.29, 0.717) is 46.5 Å². The van der Waals surface area contributed by atoms with Gasteiger partial charge in [-0.2, -0.15) is 0 Å². The van der Waals surface area contributed by atoms with Crippen LogP contribution in [0.3, 0.4) is 0 Å². The molecular formula is C29H27ClN2O7. The summed E-state index contributed by atoms with van der Waals surface area (Å²) in [6.45, 7) is 0.291. The Kier molecular flexibility index (Phi) is 7.03. The Morgan fingerprint density at radius 1 is 0.974 bits per heavy atom. The summed E-state index contributed by atoms with van der Waals surface area (Å²) in [5, 5.41) is 16.5. The minimum Gasteiger partial charge on any atom is -0.487 e. The number of rotatable bonds is 7. The molecule has 3 aliphatic heterocycles. The van der Waals surface area contributed by atoms with Gasteiger partial charge < -0.3 is 34.7 Å². The van der Waals surface area contributed by atoms with Gasteiger partial charge in [0.1, 0.15) is 18.0 Å². The molecule has 0 bridgehead atoms. The predicted molar refractivity (Wildman–Crippen MR) is 142 cm³/mol. The molecule has 0 aliphatic carbocycles. The SMILES string of the molecule is O=C(C[C@H]1C[C@@H]2c3cc(NC(=O)c4ccc5c(c4)OCO5)ccc3O[C@@H]2[C@@H](CO)O1)NCc1ccc(Cl)cc1. The van der Waals surface area contributed by atoms with E-state index in [1.165, 1.54) is 0 Å². The number of fused-ring (bicyclic) bond motifs is 4. The van der Waals surface area contributed by atoms with Gasteiger partial charge in [0.2, 0.25) is 12.7 Å². The van der Waals surface area contributed by atoms with Gasteiger partial charge in [-0.1, -0.05) is 23.7 Å². The van der Waals surface area contributed by atoms with Gasteiger partial charge in [-0.05, 0) is 60.5 Å². The van der Waals surface area contributed by atoms with Crippen LogP contribution in [0, 0.1) is 0 Å². The van der Waals surface area contributed by atoms with Crippen molar-refractivity contribution in [1.29, 1.82) is 0 Å². The molecule has 1 saturated heterocycles. The van der Waals surface area contributed by atoms with E-state index in [4.69, 9.17) is 30.5 Å². The molecule has 3 heterocycles. The van der Waals surface area contributed by atoms with Crippen molar-refractivity contribution in [2.24, 2.45) is 0 Å². The van der Waals surface area contributed by atoms with E-state index in [0.717, 1.165) is 11.1 Å². The van der Waals surface area contributed by atoms with Crippen molar-refractivity contribution in [1.82, 2.24) is 5.32 Å². The fourth-order valence-corrected chi connectivity index (χ4v) is 5.42. The van der Waals surface area contributed by atoms with Crippen molar-refractivity contribution in [3.63, 3.8) is 0 Å². The number of carbonyl (C=O) groups excluding carboxylic acids is 2. The zero-order chi connectivity index (χ0) is 26.9. The first kappa shape index (κ1) is 25.5. The number of amides is 2. The van der Waals surface area contributed by atoms with Crippen LogP contribution in [0.5, 0.6) is 17.2 Å². The maximum atomic E-state index is 12.9. The molecule has 0 aromatic heterocycles. The summed E-state index contributed by atoms with van der Waals surface area (Å²) >= 11 is 5.93. The summed E-state index contributed by atoms with van der Waals surface area (Å²) in [4.78, 5) is 25.6. The van der Waals surface area contributed by atoms with Gasteiger partial charge in [0.15, 0.2) is 11.5 Å². The number of hydrogen-bond donors (Lipinski definition) is 3. The molecule has 3 N–H and O–H groups in total. The van der Waals surface area contributed by atoms with Gasteiger partial charge in [-0.15, -0.1) is 0 Å². The summed E-state index contributed by atoms with van der Waals surface area (Å²) in [6.07, 6.45) is -0.643. The third kappa shape index (κ3) is 5.38. The average Bonchev–Trinajstić information content (AvgIpc) is 3.56. The molecule has 202 valence electrons. The summed E-state index contributed by atoms with van der Waals surface area (Å²) in [5.74, 6) is 1.31. The normalized spacial score (nSPS) is 22.4. The predicted octanol–water partition coefficient (Wildman–Crippen LogP) is 4.02. The van der Waals surface area contributed by atoms with E-state index < -0.39 is 12.2 Å². The fourth-order valence-electron chi connectivity index (χ4n) is 5.29. The number of aliphatic hydroxyl groups is 1. The lowest BCUT2D eigenvalue weighted by atomic mass is 9.84. The highest BCUT2D eigenvalue weighted by atomic mass is 35.5. The third-order valence-corrected chi connectivity index (χ3v) is 7.46. The third-order valence-electron chi connectivity index (χ3n) is 7.21. The number of hydrogen-bond acceptors (Lipinski definition) is 7. The molecule has 9 nitrogen and oxygen atoms in total. The summed E-state index contributed by atoms with van der Waals surface area (Å²) in [5.41, 5.74) is 2.92. The molecule has 6 rings (SSSR count). The smallest absolute Gasteiger partial charge is 0.255 e. The number of nitrogens with one attached hydrogen (secondary N) is 2. The second-order valence-corrected chi connectivity index (χ2v) is 10.2. The van der Waals surface area contributed by atoms with Crippen LogP contribution in [-0.4, -0.2) is 48.6 Å². The molecule has 3 aliphatic rings. The highest BCUT2D eigenvalue weighted by Crippen LogP contribution is 2.47. The molecule has 0 spiro atoms. The number of ether oxygens (including phenoxy) is 4. The summed E-state index contributed by atoms with van der Waals surface area (Å²) < 4.78 is 22.9. The summed E-state index contributed by atoms with van der Waals surface area (Å²) in [7, 11) is 0. The van der Waals surface area contributed by atoms with Gasteiger partial charge >= 0.3 is 0 Å². The Morgan fingerprint density at radius 2 is 1.77 bits per heavy atom. The largest absolute Gasteiger partial charge is 0.487 e. The topological polar surface area (TPSA) is 115 Å². The molecule has 0 unspecified atom stereocenters. The zero-order valence-electron chi connectivity index (χ0n) is 20.9. The molecule has 0 saturated carbocycles. The Labute approximate surface area is 230 Å². The molecule has 2 amide bonds. The second-order valence-electron chi connectivity index (χ2n) is 9.79. The zero-order valence-corrected chi connectivity index (χ0v) is 21.6. The van der Waals surface area contributed by atoms with Crippen LogP contribution in [0.2, 0.25) is 5.02 Å². The van der Waals surface area contributed by atoms with Crippen LogP contribution in [0.1, 0.15) is 40.2 Å². The van der Waals surface area contributed by atoms with Gasteiger partial charge in [0, 0.05) is 34.3 Å². The number of anilines is 1. The first-order valence-electron chi connectivity index (χ1n) is 12.8. The lowest BCUT2D eigenvalue weighted by Crippen LogP contribution is -2.47. The van der Waals surface area contributed by atoms with Crippen LogP contribution >= 0.6 is 11.6 Å². The molecule has 39 heavy (non-hydrogen) atoms. The van der Waals surface area contributed by atoms with Crippen molar-refractivity contribution < 1.29 is 33.6 Å². The van der Waals surface area contributed by atoms with Crippen molar-refractivity contribution >= 4 is 29.1 Å². The van der Waals surface area contributed by atoms with Crippen LogP contribution in [0.15, 0.2) is 60.7 Å². The molecule has 1 fully saturated rings. The standard InChI is InChI=1S/C29H27ClN2O7/c30-18-4-1-16(2-5-18)13-31-27(34)12-20-11-22-21-10-19(6-8-23(21)39-28(22)26(14-33)38-20)32-29(35)17-3-7-24-25(9-17)37-15-36-24/h1-10,20,22,26,28,33H,11-15H2,(H,31,34)(H,32,35)/t20-,22-,26-,28+/m1/s1. The molecule has 3 aromatic rings. The fraction of sp³-hybridized carbons (Fsp3) is 0.310. The van der Waals surface area contributed by atoms with E-state index >= 15 is 0 Å². The number of halogens is 1. The van der Waals surface area contributed by atoms with E-state index in [2.05, 4.69) is 10.6 Å². The maximum Gasteiger partial charge on any atom is 0.255 e. The Balaban J connectivity index is 1.12. The van der Waals surface area contributed by atoms with Gasteiger partial charge in [-0.3, -0.25) is 9.59 Å². The van der Waals surface area contributed by atoms with Gasteiger partial charge in [0.05, 0.1) is 19.1 Å². The van der Waals surface area contributed by atoms with E-state index in [-0.39, 0.29) is 43.7 Å². The number of aliphatic hydroxyl groups excluding tert-OH is 1. The lowest BCUT2D eigenvalue weighted by Gasteiger charge is -2.37. The number of benzene rings is 3. The minimum atomic E-state index is -0.572. The number of carbonyl (C=O) groups is 2. The van der Waals surface area contributed by atoms with Crippen LogP contribution in [0.25, 0.3) is 0 Å². The molecule has 4 atom stereocenters. The second kappa shape index (κ2) is 10.8. The highest BCUT2D eigenvalue weighted by molar-refractivity contribution is 6.30. The van der Waals surface area contributed by atoms with Crippen molar-refractivity contribution in [3.8, 4) is 17.2 Å². The molecule has 3 aromatic carbocycles.